The van der Waals surface area contributed by atoms with Crippen LogP contribution in [0.2, 0.25) is 0 Å². The zero-order valence-electron chi connectivity index (χ0n) is 11.7. The summed E-state index contributed by atoms with van der Waals surface area (Å²) in [5.41, 5.74) is 1.88. The lowest BCUT2D eigenvalue weighted by molar-refractivity contribution is 0.500. The molecule has 0 fully saturated rings. The molecule has 1 N–H and O–H groups in total. The van der Waals surface area contributed by atoms with Crippen molar-refractivity contribution < 1.29 is 5.11 Å². The molecule has 0 unspecified atom stereocenters. The predicted molar refractivity (Wildman–Crippen MR) is 82.7 cm³/mol. The minimum absolute atomic E-state index is 0.284. The van der Waals surface area contributed by atoms with Gasteiger partial charge in [0.1, 0.15) is 11.6 Å². The third kappa shape index (κ3) is 1.72. The molecule has 0 saturated carbocycles. The highest BCUT2D eigenvalue weighted by Gasteiger charge is 2.24. The van der Waals surface area contributed by atoms with E-state index in [0.29, 0.717) is 0 Å². The van der Waals surface area contributed by atoms with Crippen LogP contribution >= 0.6 is 0 Å². The summed E-state index contributed by atoms with van der Waals surface area (Å²) in [4.78, 5) is 8.66. The third-order valence-corrected chi connectivity index (χ3v) is 3.92. The molecular formula is C17H15N3O. The van der Waals surface area contributed by atoms with Gasteiger partial charge in [0.05, 0.1) is 17.8 Å². The summed E-state index contributed by atoms with van der Waals surface area (Å²) in [7, 11) is 2.04. The van der Waals surface area contributed by atoms with Gasteiger partial charge in [-0.05, 0) is 12.1 Å². The lowest BCUT2D eigenvalue weighted by Crippen LogP contribution is -2.38. The molecule has 0 saturated heterocycles. The van der Waals surface area contributed by atoms with E-state index in [2.05, 4.69) is 14.8 Å². The van der Waals surface area contributed by atoms with Crippen LogP contribution in [0.5, 0.6) is 0 Å². The molecule has 0 bridgehead atoms. The van der Waals surface area contributed by atoms with Gasteiger partial charge >= 0.3 is 0 Å². The van der Waals surface area contributed by atoms with Crippen molar-refractivity contribution >= 4 is 17.3 Å². The molecule has 4 heteroatoms. The van der Waals surface area contributed by atoms with Crippen molar-refractivity contribution in [3.63, 3.8) is 0 Å². The van der Waals surface area contributed by atoms with Crippen molar-refractivity contribution in [3.05, 3.63) is 71.0 Å². The number of anilines is 1. The molecule has 1 aromatic carbocycles. The maximum Gasteiger partial charge on any atom is 0.147 e. The van der Waals surface area contributed by atoms with Gasteiger partial charge < -0.3 is 14.9 Å². The number of nitrogens with zero attached hydrogens (tertiary/aromatic N) is 3. The maximum absolute atomic E-state index is 10.7. The number of aromatic nitrogens is 1. The largest absolute Gasteiger partial charge is 0.507 e. The normalized spacial score (nSPS) is 16.2. The summed E-state index contributed by atoms with van der Waals surface area (Å²) < 4.78 is 0. The Balaban J connectivity index is 2.20. The number of hydrogen-bond donors (Lipinski definition) is 1. The van der Waals surface area contributed by atoms with Gasteiger partial charge in [0, 0.05) is 36.1 Å². The van der Waals surface area contributed by atoms with E-state index in [1.807, 2.05) is 55.8 Å². The summed E-state index contributed by atoms with van der Waals surface area (Å²) in [5.74, 6) is 1.05. The van der Waals surface area contributed by atoms with E-state index in [1.165, 1.54) is 0 Å². The van der Waals surface area contributed by atoms with Crippen LogP contribution in [0.4, 0.5) is 5.82 Å². The first-order chi connectivity index (χ1) is 10.3. The Labute approximate surface area is 122 Å². The molecule has 0 spiro atoms. The van der Waals surface area contributed by atoms with E-state index in [-0.39, 0.29) is 5.76 Å². The second-order valence-corrected chi connectivity index (χ2v) is 5.30. The Morgan fingerprint density at radius 2 is 1.86 bits per heavy atom. The van der Waals surface area contributed by atoms with Gasteiger partial charge in [-0.15, -0.1) is 0 Å². The molecule has 4 rings (SSSR count). The van der Waals surface area contributed by atoms with Crippen LogP contribution in [-0.4, -0.2) is 28.6 Å². The summed E-state index contributed by atoms with van der Waals surface area (Å²) in [5, 5.41) is 12.6. The van der Waals surface area contributed by atoms with Crippen molar-refractivity contribution in [3.8, 4) is 0 Å². The number of aliphatic hydroxyl groups is 1. The average molecular weight is 277 g/mol. The van der Waals surface area contributed by atoms with E-state index < -0.39 is 0 Å². The molecule has 2 aliphatic rings. The van der Waals surface area contributed by atoms with E-state index in [9.17, 15) is 5.11 Å². The number of fused-ring (bicyclic) bond motifs is 4. The van der Waals surface area contributed by atoms with Crippen LogP contribution in [0, 0.1) is 0 Å². The SMILES string of the molecule is CN1C=CN2C(=c3ccccc3=C(O)c3cccnc32)C1. The van der Waals surface area contributed by atoms with E-state index >= 15 is 0 Å². The number of aliphatic hydroxyl groups excluding tert-OH is 1. The molecule has 4 nitrogen and oxygen atoms in total. The zero-order chi connectivity index (χ0) is 14.4. The molecule has 104 valence electrons. The van der Waals surface area contributed by atoms with E-state index in [0.717, 1.165) is 34.1 Å². The van der Waals surface area contributed by atoms with Crippen molar-refractivity contribution in [2.75, 3.05) is 18.5 Å². The molecule has 2 aromatic rings. The van der Waals surface area contributed by atoms with Gasteiger partial charge in [-0.1, -0.05) is 24.3 Å². The number of pyridine rings is 1. The summed E-state index contributed by atoms with van der Waals surface area (Å²) in [6.07, 6.45) is 5.78. The average Bonchev–Trinajstić information content (AvgIpc) is 2.63. The molecule has 0 radical (unpaired) electrons. The van der Waals surface area contributed by atoms with Crippen LogP contribution < -0.4 is 15.3 Å². The van der Waals surface area contributed by atoms with Crippen LogP contribution in [0.15, 0.2) is 55.0 Å². The minimum Gasteiger partial charge on any atom is -0.507 e. The van der Waals surface area contributed by atoms with Gasteiger partial charge in [-0.3, -0.25) is 0 Å². The monoisotopic (exact) mass is 277 g/mol. The van der Waals surface area contributed by atoms with Gasteiger partial charge in [0.15, 0.2) is 0 Å². The Hall–Kier alpha value is -2.75. The third-order valence-electron chi connectivity index (χ3n) is 3.92. The Morgan fingerprint density at radius 1 is 1.05 bits per heavy atom. The highest BCUT2D eigenvalue weighted by atomic mass is 16.3. The standard InChI is InChI=1S/C17H15N3O/c1-19-9-10-20-15(11-19)12-5-2-3-6-13(12)16(21)14-7-4-8-18-17(14)20/h2-10,21H,11H2,1H3. The predicted octanol–water partition coefficient (Wildman–Crippen LogP) is 1.14. The van der Waals surface area contributed by atoms with E-state index in [1.54, 1.807) is 6.20 Å². The Morgan fingerprint density at radius 3 is 2.71 bits per heavy atom. The number of benzene rings is 1. The topological polar surface area (TPSA) is 39.6 Å². The summed E-state index contributed by atoms with van der Waals surface area (Å²) in [6, 6.07) is 11.7. The fourth-order valence-electron chi connectivity index (χ4n) is 2.91. The van der Waals surface area contributed by atoms with E-state index in [4.69, 9.17) is 0 Å². The molecule has 1 aromatic heterocycles. The molecule has 0 aliphatic carbocycles. The first kappa shape index (κ1) is 12.0. The van der Waals surface area contributed by atoms with Gasteiger partial charge in [0.2, 0.25) is 0 Å². The van der Waals surface area contributed by atoms with Crippen molar-refractivity contribution in [2.45, 2.75) is 0 Å². The molecule has 3 heterocycles. The van der Waals surface area contributed by atoms with Crippen molar-refractivity contribution in [2.24, 2.45) is 0 Å². The first-order valence-electron chi connectivity index (χ1n) is 6.90. The molecule has 21 heavy (non-hydrogen) atoms. The molecule has 2 aliphatic heterocycles. The van der Waals surface area contributed by atoms with Crippen LogP contribution in [0.1, 0.15) is 5.56 Å². The van der Waals surface area contributed by atoms with Crippen molar-refractivity contribution in [1.82, 2.24) is 9.88 Å². The van der Waals surface area contributed by atoms with Crippen LogP contribution in [0.3, 0.4) is 0 Å². The number of rotatable bonds is 0. The van der Waals surface area contributed by atoms with Gasteiger partial charge in [-0.2, -0.15) is 0 Å². The number of likely N-dealkylation sites (N-methyl/N-ethyl adjacent to an activating group) is 1. The van der Waals surface area contributed by atoms with Gasteiger partial charge in [-0.25, -0.2) is 4.98 Å². The van der Waals surface area contributed by atoms with Gasteiger partial charge in [0.25, 0.3) is 0 Å². The molecule has 0 amide bonds. The highest BCUT2D eigenvalue weighted by Crippen LogP contribution is 2.28. The Bertz CT molecular complexity index is 870. The second-order valence-electron chi connectivity index (χ2n) is 5.30. The lowest BCUT2D eigenvalue weighted by atomic mass is 10.1. The quantitative estimate of drug-likeness (QED) is 0.784. The first-order valence-corrected chi connectivity index (χ1v) is 6.90. The smallest absolute Gasteiger partial charge is 0.147 e. The highest BCUT2D eigenvalue weighted by molar-refractivity contribution is 5.81. The molecule has 0 atom stereocenters. The fraction of sp³-hybridized carbons (Fsp3) is 0.118. The Kier molecular flexibility index (Phi) is 2.51. The number of hydrogen-bond acceptors (Lipinski definition) is 4. The summed E-state index contributed by atoms with van der Waals surface area (Å²) >= 11 is 0. The van der Waals surface area contributed by atoms with Crippen molar-refractivity contribution in [1.29, 1.82) is 0 Å². The lowest BCUT2D eigenvalue weighted by Gasteiger charge is -2.31. The fourth-order valence-corrected chi connectivity index (χ4v) is 2.91. The van der Waals surface area contributed by atoms with Crippen LogP contribution in [0.25, 0.3) is 11.5 Å². The minimum atomic E-state index is 0.284. The maximum atomic E-state index is 10.7. The second kappa shape index (κ2) is 4.38. The summed E-state index contributed by atoms with van der Waals surface area (Å²) in [6.45, 7) is 0.775. The zero-order valence-corrected chi connectivity index (χ0v) is 11.7. The molecular weight excluding hydrogens is 262 g/mol. The van der Waals surface area contributed by atoms with Crippen LogP contribution in [-0.2, 0) is 0 Å².